The van der Waals surface area contributed by atoms with Gasteiger partial charge in [-0.05, 0) is 42.5 Å². The molecular weight excluding hydrogens is 380 g/mol. The molecule has 3 amide bonds. The lowest BCUT2D eigenvalue weighted by Crippen LogP contribution is -2.52. The van der Waals surface area contributed by atoms with E-state index in [4.69, 9.17) is 0 Å². The summed E-state index contributed by atoms with van der Waals surface area (Å²) in [6.45, 7) is 2.36. The van der Waals surface area contributed by atoms with Crippen molar-refractivity contribution >= 4 is 23.5 Å². The van der Waals surface area contributed by atoms with E-state index in [9.17, 15) is 19.2 Å². The summed E-state index contributed by atoms with van der Waals surface area (Å²) in [5.74, 6) is -0.698. The Morgan fingerprint density at radius 1 is 1.10 bits per heavy atom. The smallest absolute Gasteiger partial charge is 0.255 e. The number of nitrogens with one attached hydrogen (secondary N) is 1. The molecule has 1 N–H and O–H groups in total. The normalized spacial score (nSPS) is 18.4. The fraction of sp³-hybridized carbons (Fsp3) is 0.333. The highest BCUT2D eigenvalue weighted by atomic mass is 16.2. The van der Waals surface area contributed by atoms with Gasteiger partial charge in [-0.25, -0.2) is 0 Å². The number of hydrogen-bond donors (Lipinski definition) is 1. The summed E-state index contributed by atoms with van der Waals surface area (Å²) in [6.07, 6.45) is 2.08. The monoisotopic (exact) mass is 404 g/mol. The van der Waals surface area contributed by atoms with E-state index >= 15 is 0 Å². The van der Waals surface area contributed by atoms with Crippen molar-refractivity contribution in [2.75, 3.05) is 0 Å². The molecule has 2 aromatic rings. The van der Waals surface area contributed by atoms with Crippen LogP contribution in [0.25, 0.3) is 0 Å². The number of fused-ring (bicyclic) bond motifs is 1. The molecule has 2 aromatic carbocycles. The number of imide groups is 1. The highest BCUT2D eigenvalue weighted by Crippen LogP contribution is 2.28. The molecule has 0 spiro atoms. The van der Waals surface area contributed by atoms with Gasteiger partial charge in [0.25, 0.3) is 5.91 Å². The minimum Gasteiger partial charge on any atom is -0.322 e. The topological polar surface area (TPSA) is 83.6 Å². The number of amides is 3. The molecule has 1 atom stereocenters. The maximum atomic E-state index is 12.7. The quantitative estimate of drug-likeness (QED) is 0.750. The van der Waals surface area contributed by atoms with Gasteiger partial charge in [-0.15, -0.1) is 0 Å². The van der Waals surface area contributed by atoms with Crippen molar-refractivity contribution in [1.82, 2.24) is 10.2 Å². The number of aryl methyl sites for hydroxylation is 2. The highest BCUT2D eigenvalue weighted by Gasteiger charge is 2.39. The Hall–Kier alpha value is -3.28. The molecule has 1 fully saturated rings. The number of carbonyl (C=O) groups is 4. The third-order valence-electron chi connectivity index (χ3n) is 5.76. The third-order valence-corrected chi connectivity index (χ3v) is 5.76. The molecule has 154 valence electrons. The second-order valence-corrected chi connectivity index (χ2v) is 8.10. The Morgan fingerprint density at radius 3 is 2.70 bits per heavy atom. The van der Waals surface area contributed by atoms with E-state index in [1.807, 2.05) is 43.3 Å². The second kappa shape index (κ2) is 8.22. The lowest BCUT2D eigenvalue weighted by Gasteiger charge is -2.29. The molecule has 0 bridgehead atoms. The van der Waals surface area contributed by atoms with Crippen molar-refractivity contribution in [2.24, 2.45) is 0 Å². The first kappa shape index (κ1) is 20.0. The maximum Gasteiger partial charge on any atom is 0.255 e. The van der Waals surface area contributed by atoms with Crippen LogP contribution in [0.4, 0.5) is 0 Å². The van der Waals surface area contributed by atoms with Crippen LogP contribution in [0.5, 0.6) is 0 Å². The van der Waals surface area contributed by atoms with Gasteiger partial charge in [0.15, 0.2) is 0 Å². The Balaban J connectivity index is 1.38. The summed E-state index contributed by atoms with van der Waals surface area (Å²) in [7, 11) is 0. The van der Waals surface area contributed by atoms with Crippen molar-refractivity contribution < 1.29 is 19.2 Å². The van der Waals surface area contributed by atoms with Gasteiger partial charge >= 0.3 is 0 Å². The van der Waals surface area contributed by atoms with Gasteiger partial charge in [0.2, 0.25) is 11.8 Å². The minimum atomic E-state index is -0.609. The van der Waals surface area contributed by atoms with Crippen molar-refractivity contribution in [3.8, 4) is 0 Å². The van der Waals surface area contributed by atoms with Crippen LogP contribution in [-0.4, -0.2) is 34.4 Å². The average Bonchev–Trinajstić information content (AvgIpc) is 3.02. The molecule has 2 heterocycles. The van der Waals surface area contributed by atoms with Crippen LogP contribution in [0, 0.1) is 6.92 Å². The molecule has 0 aromatic heterocycles. The lowest BCUT2D eigenvalue weighted by atomic mass is 9.99. The first-order chi connectivity index (χ1) is 14.4. The van der Waals surface area contributed by atoms with E-state index < -0.39 is 11.9 Å². The third kappa shape index (κ3) is 4.17. The van der Waals surface area contributed by atoms with E-state index in [1.165, 1.54) is 0 Å². The van der Waals surface area contributed by atoms with Crippen molar-refractivity contribution in [2.45, 2.75) is 51.6 Å². The largest absolute Gasteiger partial charge is 0.322 e. The SMILES string of the molecule is Cc1cccc(CC(=O)CCc2ccc3c(c2)CN(C2CCC(=O)NC2=O)C3=O)c1. The molecule has 4 rings (SSSR count). The zero-order valence-electron chi connectivity index (χ0n) is 16.9. The average molecular weight is 404 g/mol. The first-order valence-corrected chi connectivity index (χ1v) is 10.2. The summed E-state index contributed by atoms with van der Waals surface area (Å²) < 4.78 is 0. The molecule has 0 radical (unpaired) electrons. The highest BCUT2D eigenvalue weighted by molar-refractivity contribution is 6.05. The fourth-order valence-corrected chi connectivity index (χ4v) is 4.21. The minimum absolute atomic E-state index is 0.179. The fourth-order valence-electron chi connectivity index (χ4n) is 4.21. The predicted octanol–water partition coefficient (Wildman–Crippen LogP) is 2.50. The van der Waals surface area contributed by atoms with E-state index in [1.54, 1.807) is 11.0 Å². The van der Waals surface area contributed by atoms with Gasteiger partial charge in [0.1, 0.15) is 11.8 Å². The molecule has 6 heteroatoms. The van der Waals surface area contributed by atoms with Crippen LogP contribution in [0.15, 0.2) is 42.5 Å². The van der Waals surface area contributed by atoms with Gasteiger partial charge in [-0.3, -0.25) is 24.5 Å². The van der Waals surface area contributed by atoms with Crippen LogP contribution in [-0.2, 0) is 33.8 Å². The Labute approximate surface area is 175 Å². The molecule has 30 heavy (non-hydrogen) atoms. The molecule has 1 saturated heterocycles. The number of benzene rings is 2. The van der Waals surface area contributed by atoms with Gasteiger partial charge in [0, 0.05) is 31.4 Å². The summed E-state index contributed by atoms with van der Waals surface area (Å²) in [5, 5.41) is 2.31. The number of rotatable bonds is 6. The summed E-state index contributed by atoms with van der Waals surface area (Å²) in [4.78, 5) is 50.2. The van der Waals surface area contributed by atoms with Crippen LogP contribution in [0.1, 0.15) is 51.9 Å². The van der Waals surface area contributed by atoms with Crippen LogP contribution >= 0.6 is 0 Å². The number of hydrogen-bond acceptors (Lipinski definition) is 4. The van der Waals surface area contributed by atoms with Crippen LogP contribution in [0.3, 0.4) is 0 Å². The van der Waals surface area contributed by atoms with Gasteiger partial charge in [-0.2, -0.15) is 0 Å². The second-order valence-electron chi connectivity index (χ2n) is 8.10. The lowest BCUT2D eigenvalue weighted by molar-refractivity contribution is -0.137. The van der Waals surface area contributed by atoms with Crippen LogP contribution < -0.4 is 5.32 Å². The predicted molar refractivity (Wildman–Crippen MR) is 111 cm³/mol. The molecule has 1 unspecified atom stereocenters. The van der Waals surface area contributed by atoms with Crippen LogP contribution in [0.2, 0.25) is 0 Å². The molecule has 0 aliphatic carbocycles. The Morgan fingerprint density at radius 2 is 1.93 bits per heavy atom. The number of Topliss-reactive ketones (excluding diaryl/α,β-unsaturated/α-hetero) is 1. The van der Waals surface area contributed by atoms with Crippen molar-refractivity contribution in [3.05, 3.63) is 70.3 Å². The Kier molecular flexibility index (Phi) is 5.48. The number of piperidine rings is 1. The molecular formula is C24H24N2O4. The first-order valence-electron chi connectivity index (χ1n) is 10.2. The molecule has 2 aliphatic rings. The van der Waals surface area contributed by atoms with E-state index in [2.05, 4.69) is 5.32 Å². The van der Waals surface area contributed by atoms with Crippen molar-refractivity contribution in [3.63, 3.8) is 0 Å². The van der Waals surface area contributed by atoms with Gasteiger partial charge < -0.3 is 4.90 Å². The van der Waals surface area contributed by atoms with Gasteiger partial charge in [0.05, 0.1) is 0 Å². The number of carbonyl (C=O) groups excluding carboxylic acids is 4. The van der Waals surface area contributed by atoms with E-state index in [0.717, 1.165) is 22.3 Å². The van der Waals surface area contributed by atoms with Gasteiger partial charge in [-0.1, -0.05) is 42.0 Å². The molecule has 2 aliphatic heterocycles. The molecule has 6 nitrogen and oxygen atoms in total. The summed E-state index contributed by atoms with van der Waals surface area (Å²) in [5.41, 5.74) is 4.63. The zero-order valence-corrected chi connectivity index (χ0v) is 16.9. The maximum absolute atomic E-state index is 12.7. The summed E-state index contributed by atoms with van der Waals surface area (Å²) >= 11 is 0. The number of ketones is 1. The summed E-state index contributed by atoms with van der Waals surface area (Å²) in [6, 6.07) is 13.0. The van der Waals surface area contributed by atoms with E-state index in [-0.39, 0.29) is 24.0 Å². The van der Waals surface area contributed by atoms with E-state index in [0.29, 0.717) is 37.8 Å². The Bertz CT molecular complexity index is 1040. The number of nitrogens with zero attached hydrogens (tertiary/aromatic N) is 1. The zero-order chi connectivity index (χ0) is 21.3. The molecule has 0 saturated carbocycles. The van der Waals surface area contributed by atoms with Crippen molar-refractivity contribution in [1.29, 1.82) is 0 Å². The standard InChI is InChI=1S/C24H24N2O4/c1-15-3-2-4-17(11-15)13-19(27)7-5-16-6-8-20-18(12-16)14-26(24(20)30)21-9-10-22(28)25-23(21)29/h2-4,6,8,11-12,21H,5,7,9-10,13-14H2,1H3,(H,25,28,29).